The van der Waals surface area contributed by atoms with Crippen molar-refractivity contribution in [3.63, 3.8) is 0 Å². The molecule has 0 aromatic rings. The third kappa shape index (κ3) is 57.2. The summed E-state index contributed by atoms with van der Waals surface area (Å²) in [6.07, 6.45) is 67.1. The monoisotopic (exact) mass is 975 g/mol. The summed E-state index contributed by atoms with van der Waals surface area (Å²) in [4.78, 5) is 38.0. The first-order valence-corrected chi connectivity index (χ1v) is 31.5. The summed E-state index contributed by atoms with van der Waals surface area (Å²) in [5.74, 6) is -0.837. The summed E-state index contributed by atoms with van der Waals surface area (Å²) in [5.41, 5.74) is 0. The number of rotatable bonds is 59. The van der Waals surface area contributed by atoms with Crippen LogP contribution in [0.2, 0.25) is 0 Å². The summed E-state index contributed by atoms with van der Waals surface area (Å²) in [7, 11) is 0. The van der Waals surface area contributed by atoms with Gasteiger partial charge in [0.25, 0.3) is 0 Å². The normalized spacial score (nSPS) is 11.9. The first kappa shape index (κ1) is 67.4. The van der Waals surface area contributed by atoms with Crippen LogP contribution in [-0.4, -0.2) is 37.2 Å². The van der Waals surface area contributed by atoms with E-state index in [0.29, 0.717) is 19.3 Å². The van der Waals surface area contributed by atoms with E-state index in [1.54, 1.807) is 0 Å². The molecule has 69 heavy (non-hydrogen) atoms. The van der Waals surface area contributed by atoms with Gasteiger partial charge in [-0.3, -0.25) is 14.4 Å². The molecule has 0 amide bonds. The smallest absolute Gasteiger partial charge is 0.306 e. The highest BCUT2D eigenvalue weighted by atomic mass is 16.6. The fourth-order valence-electron chi connectivity index (χ4n) is 9.86. The van der Waals surface area contributed by atoms with E-state index in [4.69, 9.17) is 14.2 Å². The van der Waals surface area contributed by atoms with Gasteiger partial charge in [0, 0.05) is 19.3 Å². The van der Waals surface area contributed by atoms with Gasteiger partial charge in [-0.25, -0.2) is 0 Å². The van der Waals surface area contributed by atoms with Gasteiger partial charge in [-0.15, -0.1) is 0 Å². The maximum atomic E-state index is 12.8. The molecular weight excluding hydrogens is 853 g/mol. The molecule has 0 saturated carbocycles. The van der Waals surface area contributed by atoms with Crippen LogP contribution in [0.3, 0.4) is 0 Å². The number of carbonyl (C=O) groups excluding carboxylic acids is 3. The second-order valence-corrected chi connectivity index (χ2v) is 21.7. The minimum absolute atomic E-state index is 0.0615. The highest BCUT2D eigenvalue weighted by Gasteiger charge is 2.19. The Morgan fingerprint density at radius 3 is 0.580 bits per heavy atom. The standard InChI is InChI=1S/C63H122O6/c1-4-7-10-13-16-19-21-23-24-25-26-27-28-29-30-31-32-33-34-35-36-37-38-40-41-44-47-50-53-56-62(65)68-59-60(58-67-61(64)55-52-49-46-43-18-15-12-9-6-3)69-63(66)57-54-51-48-45-42-39-22-20-17-14-11-8-5-2/h60H,4-59H2,1-3H3. The average Bonchev–Trinajstić information content (AvgIpc) is 3.35. The molecule has 0 aliphatic carbocycles. The van der Waals surface area contributed by atoms with Crippen LogP contribution in [-0.2, 0) is 28.6 Å². The SMILES string of the molecule is CCCCCCCCCCCCCCCCCCCCCCCCCCCCCCCC(=O)OCC(COC(=O)CCCCCCCCCCC)OC(=O)CCCCCCCCCCCCCCC. The molecule has 0 aliphatic heterocycles. The lowest BCUT2D eigenvalue weighted by molar-refractivity contribution is -0.167. The number of hydrogen-bond acceptors (Lipinski definition) is 6. The van der Waals surface area contributed by atoms with Crippen molar-refractivity contribution in [2.24, 2.45) is 0 Å². The summed E-state index contributed by atoms with van der Waals surface area (Å²) >= 11 is 0. The predicted molar refractivity (Wildman–Crippen MR) is 298 cm³/mol. The summed E-state index contributed by atoms with van der Waals surface area (Å²) in [5, 5.41) is 0. The Morgan fingerprint density at radius 1 is 0.232 bits per heavy atom. The fraction of sp³-hybridized carbons (Fsp3) is 0.952. The van der Waals surface area contributed by atoms with E-state index in [1.165, 1.54) is 270 Å². The Hall–Kier alpha value is -1.59. The van der Waals surface area contributed by atoms with Crippen LogP contribution in [0.25, 0.3) is 0 Å². The molecule has 0 rings (SSSR count). The topological polar surface area (TPSA) is 78.9 Å². The van der Waals surface area contributed by atoms with Crippen molar-refractivity contribution in [1.29, 1.82) is 0 Å². The molecule has 410 valence electrons. The van der Waals surface area contributed by atoms with E-state index in [-0.39, 0.29) is 31.1 Å². The second-order valence-electron chi connectivity index (χ2n) is 21.7. The molecule has 1 atom stereocenters. The molecular formula is C63H122O6. The Morgan fingerprint density at radius 2 is 0.391 bits per heavy atom. The highest BCUT2D eigenvalue weighted by Crippen LogP contribution is 2.18. The van der Waals surface area contributed by atoms with Gasteiger partial charge in [0.15, 0.2) is 6.10 Å². The third-order valence-corrected chi connectivity index (χ3v) is 14.6. The van der Waals surface area contributed by atoms with Crippen molar-refractivity contribution in [3.05, 3.63) is 0 Å². The largest absolute Gasteiger partial charge is 0.462 e. The molecule has 0 heterocycles. The molecule has 0 aromatic carbocycles. The van der Waals surface area contributed by atoms with Crippen molar-refractivity contribution < 1.29 is 28.6 Å². The van der Waals surface area contributed by atoms with Gasteiger partial charge in [0.05, 0.1) is 0 Å². The highest BCUT2D eigenvalue weighted by molar-refractivity contribution is 5.71. The molecule has 0 fully saturated rings. The van der Waals surface area contributed by atoms with Crippen LogP contribution < -0.4 is 0 Å². The van der Waals surface area contributed by atoms with Gasteiger partial charge >= 0.3 is 17.9 Å². The zero-order chi connectivity index (χ0) is 50.0. The Balaban J connectivity index is 4.00. The lowest BCUT2D eigenvalue weighted by Crippen LogP contribution is -2.30. The van der Waals surface area contributed by atoms with Gasteiger partial charge in [-0.2, -0.15) is 0 Å². The first-order chi connectivity index (χ1) is 34.0. The molecule has 0 bridgehead atoms. The van der Waals surface area contributed by atoms with Crippen molar-refractivity contribution in [2.45, 2.75) is 374 Å². The van der Waals surface area contributed by atoms with Crippen LogP contribution >= 0.6 is 0 Å². The Labute approximate surface area is 431 Å². The van der Waals surface area contributed by atoms with Crippen LogP contribution in [0.1, 0.15) is 367 Å². The van der Waals surface area contributed by atoms with Crippen molar-refractivity contribution in [1.82, 2.24) is 0 Å². The van der Waals surface area contributed by atoms with E-state index < -0.39 is 6.10 Å². The van der Waals surface area contributed by atoms with Crippen molar-refractivity contribution >= 4 is 17.9 Å². The Bertz CT molecular complexity index is 1030. The molecule has 0 radical (unpaired) electrons. The maximum absolute atomic E-state index is 12.8. The van der Waals surface area contributed by atoms with Crippen LogP contribution in [0.5, 0.6) is 0 Å². The first-order valence-electron chi connectivity index (χ1n) is 31.5. The van der Waals surface area contributed by atoms with Gasteiger partial charge in [0.1, 0.15) is 13.2 Å². The van der Waals surface area contributed by atoms with Gasteiger partial charge in [-0.1, -0.05) is 329 Å². The second kappa shape index (κ2) is 59.0. The quantitative estimate of drug-likeness (QED) is 0.0343. The predicted octanol–water partition coefficient (Wildman–Crippen LogP) is 21.1. The molecule has 0 N–H and O–H groups in total. The van der Waals surface area contributed by atoms with E-state index in [1.807, 2.05) is 0 Å². The van der Waals surface area contributed by atoms with Crippen LogP contribution in [0.15, 0.2) is 0 Å². The zero-order valence-electron chi connectivity index (χ0n) is 47.1. The molecule has 0 spiro atoms. The number of esters is 3. The number of carbonyl (C=O) groups is 3. The van der Waals surface area contributed by atoms with Gasteiger partial charge in [-0.05, 0) is 19.3 Å². The van der Waals surface area contributed by atoms with Crippen LogP contribution in [0, 0.1) is 0 Å². The minimum Gasteiger partial charge on any atom is -0.462 e. The maximum Gasteiger partial charge on any atom is 0.306 e. The molecule has 0 aliphatic rings. The van der Waals surface area contributed by atoms with E-state index in [2.05, 4.69) is 20.8 Å². The molecule has 6 heteroatoms. The van der Waals surface area contributed by atoms with Gasteiger partial charge < -0.3 is 14.2 Å². The van der Waals surface area contributed by atoms with Crippen LogP contribution in [0.4, 0.5) is 0 Å². The lowest BCUT2D eigenvalue weighted by Gasteiger charge is -2.18. The van der Waals surface area contributed by atoms with Gasteiger partial charge in [0.2, 0.25) is 0 Å². The third-order valence-electron chi connectivity index (χ3n) is 14.6. The fourth-order valence-corrected chi connectivity index (χ4v) is 9.86. The number of ether oxygens (including phenoxy) is 3. The molecule has 1 unspecified atom stereocenters. The molecule has 0 saturated heterocycles. The minimum atomic E-state index is -0.760. The van der Waals surface area contributed by atoms with E-state index in [0.717, 1.165) is 57.8 Å². The average molecular weight is 976 g/mol. The Kier molecular flexibility index (Phi) is 57.6. The summed E-state index contributed by atoms with van der Waals surface area (Å²) < 4.78 is 16.9. The van der Waals surface area contributed by atoms with E-state index >= 15 is 0 Å². The molecule has 6 nitrogen and oxygen atoms in total. The van der Waals surface area contributed by atoms with E-state index in [9.17, 15) is 14.4 Å². The van der Waals surface area contributed by atoms with Crippen molar-refractivity contribution in [2.75, 3.05) is 13.2 Å². The summed E-state index contributed by atoms with van der Waals surface area (Å²) in [6, 6.07) is 0. The number of hydrogen-bond donors (Lipinski definition) is 0. The van der Waals surface area contributed by atoms with Crippen molar-refractivity contribution in [3.8, 4) is 0 Å². The zero-order valence-corrected chi connectivity index (χ0v) is 47.1. The molecule has 0 aromatic heterocycles. The lowest BCUT2D eigenvalue weighted by atomic mass is 10.0. The summed E-state index contributed by atoms with van der Waals surface area (Å²) in [6.45, 7) is 6.69. The number of unbranched alkanes of at least 4 members (excludes halogenated alkanes) is 48.